The number of rotatable bonds is 6. The number of ether oxygens (including phenoxy) is 1. The molecule has 1 aromatic heterocycles. The van der Waals surface area contributed by atoms with Crippen molar-refractivity contribution in [2.24, 2.45) is 0 Å². The smallest absolute Gasteiger partial charge is 0.309 e. The molecule has 0 fully saturated rings. The molecule has 0 spiro atoms. The number of benzene rings is 3. The molecule has 4 rings (SSSR count). The number of nitrogens with zero attached hydrogens (tertiary/aromatic N) is 2. The van der Waals surface area contributed by atoms with Crippen LogP contribution in [0.1, 0.15) is 48.3 Å². The van der Waals surface area contributed by atoms with Gasteiger partial charge < -0.3 is 10.1 Å². The van der Waals surface area contributed by atoms with E-state index in [1.165, 1.54) is 25.1 Å². The normalized spacial score (nSPS) is 10.9. The summed E-state index contributed by atoms with van der Waals surface area (Å²) in [5.74, 6) is -1.20. The van der Waals surface area contributed by atoms with Gasteiger partial charge in [0.15, 0.2) is 0 Å². The minimum Gasteiger partial charge on any atom is -0.407 e. The van der Waals surface area contributed by atoms with Gasteiger partial charge in [0.25, 0.3) is 5.91 Å². The Morgan fingerprint density at radius 2 is 1.63 bits per heavy atom. The number of aryl methyl sites for hydroxylation is 1. The summed E-state index contributed by atoms with van der Waals surface area (Å²) in [5.41, 5.74) is 4.59. The van der Waals surface area contributed by atoms with E-state index in [0.29, 0.717) is 17.1 Å². The average Bonchev–Trinajstić information content (AvgIpc) is 3.19. The third-order valence-electron chi connectivity index (χ3n) is 5.49. The van der Waals surface area contributed by atoms with Crippen molar-refractivity contribution in [3.63, 3.8) is 0 Å². The third kappa shape index (κ3) is 5.14. The monoisotopic (exact) mass is 471 g/mol. The Morgan fingerprint density at radius 3 is 2.23 bits per heavy atom. The molecule has 1 heterocycles. The molecule has 1 N–H and O–H groups in total. The lowest BCUT2D eigenvalue weighted by Gasteiger charge is -2.11. The van der Waals surface area contributed by atoms with Crippen LogP contribution in [0.4, 0.5) is 10.1 Å². The van der Waals surface area contributed by atoms with E-state index < -0.39 is 17.7 Å². The second-order valence-electron chi connectivity index (χ2n) is 8.57. The molecule has 0 bridgehead atoms. The predicted octanol–water partition coefficient (Wildman–Crippen LogP) is 6.29. The Balaban J connectivity index is 1.74. The summed E-state index contributed by atoms with van der Waals surface area (Å²) in [5, 5.41) is 7.50. The van der Waals surface area contributed by atoms with E-state index in [1.54, 1.807) is 22.9 Å². The van der Waals surface area contributed by atoms with Gasteiger partial charge in [-0.25, -0.2) is 4.39 Å². The Hall–Kier alpha value is -4.26. The number of anilines is 1. The molecule has 0 atom stereocenters. The first-order chi connectivity index (χ1) is 16.7. The van der Waals surface area contributed by atoms with Crippen LogP contribution in [0.3, 0.4) is 0 Å². The Bertz CT molecular complexity index is 1370. The summed E-state index contributed by atoms with van der Waals surface area (Å²) in [7, 11) is 0. The highest BCUT2D eigenvalue weighted by Gasteiger charge is 2.25. The Morgan fingerprint density at radius 1 is 0.971 bits per heavy atom. The van der Waals surface area contributed by atoms with Crippen LogP contribution in [0.5, 0.6) is 5.88 Å². The van der Waals surface area contributed by atoms with Crippen molar-refractivity contribution in [2.45, 2.75) is 33.6 Å². The van der Waals surface area contributed by atoms with Crippen LogP contribution in [0.15, 0.2) is 72.8 Å². The maximum absolute atomic E-state index is 13.9. The molecule has 4 aromatic rings. The van der Waals surface area contributed by atoms with E-state index in [1.807, 2.05) is 57.2 Å². The highest BCUT2D eigenvalue weighted by atomic mass is 19.1. The average molecular weight is 472 g/mol. The fourth-order valence-corrected chi connectivity index (χ4v) is 3.75. The molecule has 0 aliphatic carbocycles. The van der Waals surface area contributed by atoms with Crippen LogP contribution in [0.2, 0.25) is 0 Å². The summed E-state index contributed by atoms with van der Waals surface area (Å²) in [4.78, 5) is 24.5. The zero-order valence-electron chi connectivity index (χ0n) is 20.0. The van der Waals surface area contributed by atoms with Crippen molar-refractivity contribution in [3.05, 3.63) is 95.4 Å². The fraction of sp³-hybridized carbons (Fsp3) is 0.179. The summed E-state index contributed by atoms with van der Waals surface area (Å²) < 4.78 is 21.3. The number of carbonyl (C=O) groups is 2. The predicted molar refractivity (Wildman–Crippen MR) is 133 cm³/mol. The molecule has 6 nitrogen and oxygen atoms in total. The quantitative estimate of drug-likeness (QED) is 0.336. The van der Waals surface area contributed by atoms with Crippen LogP contribution in [-0.2, 0) is 4.79 Å². The molecular formula is C28H26FN3O3. The van der Waals surface area contributed by atoms with Gasteiger partial charge in [-0.3, -0.25) is 9.59 Å². The van der Waals surface area contributed by atoms with Crippen LogP contribution in [0.25, 0.3) is 16.8 Å². The Labute approximate surface area is 203 Å². The molecular weight excluding hydrogens is 445 g/mol. The molecule has 0 radical (unpaired) electrons. The van der Waals surface area contributed by atoms with Crippen molar-refractivity contribution in [3.8, 4) is 22.7 Å². The number of carbonyl (C=O) groups excluding carboxylic acids is 2. The van der Waals surface area contributed by atoms with Crippen molar-refractivity contribution in [1.29, 1.82) is 0 Å². The van der Waals surface area contributed by atoms with Crippen LogP contribution < -0.4 is 10.1 Å². The van der Waals surface area contributed by atoms with Crippen molar-refractivity contribution in [1.82, 2.24) is 9.78 Å². The number of aromatic nitrogens is 2. The van der Waals surface area contributed by atoms with Gasteiger partial charge in [-0.1, -0.05) is 55.8 Å². The summed E-state index contributed by atoms with van der Waals surface area (Å²) in [6.45, 7) is 7.39. The van der Waals surface area contributed by atoms with Crippen molar-refractivity contribution in [2.75, 3.05) is 5.32 Å². The van der Waals surface area contributed by atoms with Gasteiger partial charge in [0.1, 0.15) is 5.82 Å². The first kappa shape index (κ1) is 23.9. The van der Waals surface area contributed by atoms with Crippen LogP contribution >= 0.6 is 0 Å². The minimum absolute atomic E-state index is 0.0322. The van der Waals surface area contributed by atoms with Gasteiger partial charge in [-0.2, -0.15) is 9.78 Å². The SMILES string of the molecule is CC(=O)Oc1c(-c2ccc(NC(=O)c3ccccc3F)cc2)c(C(C)C)nn1-c1ccc(C)cc1. The molecule has 0 aliphatic rings. The topological polar surface area (TPSA) is 73.2 Å². The standard InChI is InChI=1S/C28H26FN3O3/c1-17(2)26-25(28(35-19(4)33)32(31-26)22-15-9-18(3)10-16-22)20-11-13-21(14-12-20)30-27(34)23-7-5-6-8-24(23)29/h5-17H,1-4H3,(H,30,34). The van der Waals surface area contributed by atoms with Gasteiger partial charge >= 0.3 is 5.97 Å². The van der Waals surface area contributed by atoms with Gasteiger partial charge in [0, 0.05) is 12.6 Å². The summed E-state index contributed by atoms with van der Waals surface area (Å²) >= 11 is 0. The molecule has 0 saturated carbocycles. The molecule has 1 amide bonds. The number of amides is 1. The second-order valence-corrected chi connectivity index (χ2v) is 8.57. The van der Waals surface area contributed by atoms with Crippen molar-refractivity contribution >= 4 is 17.6 Å². The molecule has 0 unspecified atom stereocenters. The maximum Gasteiger partial charge on any atom is 0.309 e. The molecule has 0 saturated heterocycles. The van der Waals surface area contributed by atoms with Gasteiger partial charge in [0.2, 0.25) is 5.88 Å². The lowest BCUT2D eigenvalue weighted by molar-refractivity contribution is -0.132. The zero-order chi connectivity index (χ0) is 25.1. The molecule has 7 heteroatoms. The number of esters is 1. The molecule has 0 aliphatic heterocycles. The minimum atomic E-state index is -0.585. The summed E-state index contributed by atoms with van der Waals surface area (Å²) in [6.07, 6.45) is 0. The molecule has 3 aromatic carbocycles. The number of hydrogen-bond donors (Lipinski definition) is 1. The first-order valence-corrected chi connectivity index (χ1v) is 11.3. The van der Waals surface area contributed by atoms with E-state index in [-0.39, 0.29) is 11.5 Å². The van der Waals surface area contributed by atoms with E-state index in [2.05, 4.69) is 5.32 Å². The van der Waals surface area contributed by atoms with Gasteiger partial charge in [0.05, 0.1) is 22.5 Å². The van der Waals surface area contributed by atoms with E-state index in [4.69, 9.17) is 9.84 Å². The first-order valence-electron chi connectivity index (χ1n) is 11.3. The molecule has 178 valence electrons. The highest BCUT2D eigenvalue weighted by Crippen LogP contribution is 2.39. The number of hydrogen-bond acceptors (Lipinski definition) is 4. The lowest BCUT2D eigenvalue weighted by Crippen LogP contribution is -2.13. The van der Waals surface area contributed by atoms with Gasteiger partial charge in [-0.05, 0) is 54.8 Å². The van der Waals surface area contributed by atoms with E-state index >= 15 is 0 Å². The van der Waals surface area contributed by atoms with Crippen molar-refractivity contribution < 1.29 is 18.7 Å². The molecule has 35 heavy (non-hydrogen) atoms. The lowest BCUT2D eigenvalue weighted by atomic mass is 9.99. The van der Waals surface area contributed by atoms with Crippen LogP contribution in [-0.4, -0.2) is 21.7 Å². The van der Waals surface area contributed by atoms with Gasteiger partial charge in [-0.15, -0.1) is 0 Å². The maximum atomic E-state index is 13.9. The van der Waals surface area contributed by atoms with E-state index in [0.717, 1.165) is 22.5 Å². The Kier molecular flexibility index (Phi) is 6.78. The number of nitrogens with one attached hydrogen (secondary N) is 1. The zero-order valence-corrected chi connectivity index (χ0v) is 20.0. The summed E-state index contributed by atoms with van der Waals surface area (Å²) in [6, 6.07) is 20.7. The number of halogens is 1. The van der Waals surface area contributed by atoms with E-state index in [9.17, 15) is 14.0 Å². The second kappa shape index (κ2) is 9.93. The fourth-order valence-electron chi connectivity index (χ4n) is 3.75. The highest BCUT2D eigenvalue weighted by molar-refractivity contribution is 6.04. The van der Waals surface area contributed by atoms with Crippen LogP contribution in [0, 0.1) is 12.7 Å². The third-order valence-corrected chi connectivity index (χ3v) is 5.49. The largest absolute Gasteiger partial charge is 0.407 e.